The maximum atomic E-state index is 12.3. The highest BCUT2D eigenvalue weighted by Crippen LogP contribution is 2.26. The largest absolute Gasteiger partial charge is 0.322 e. The molecule has 3 rings (SSSR count). The predicted molar refractivity (Wildman–Crippen MR) is 90.6 cm³/mol. The Morgan fingerprint density at radius 1 is 1.10 bits per heavy atom. The Labute approximate surface area is 136 Å². The fraction of sp³-hybridized carbons (Fsp3) is 0.188. The van der Waals surface area contributed by atoms with E-state index in [1.54, 1.807) is 12.1 Å². The predicted octanol–water partition coefficient (Wildman–Crippen LogP) is 4.69. The van der Waals surface area contributed by atoms with Crippen molar-refractivity contribution in [3.05, 3.63) is 61.7 Å². The van der Waals surface area contributed by atoms with Crippen molar-refractivity contribution in [2.45, 2.75) is 19.3 Å². The van der Waals surface area contributed by atoms with E-state index in [-0.39, 0.29) is 5.91 Å². The number of hydrogen-bond donors (Lipinski definition) is 1. The highest BCUT2D eigenvalue weighted by Gasteiger charge is 2.14. The van der Waals surface area contributed by atoms with Gasteiger partial charge in [0.1, 0.15) is 0 Å². The van der Waals surface area contributed by atoms with E-state index in [2.05, 4.69) is 40.0 Å². The molecule has 0 unspecified atom stereocenters. The first kappa shape index (κ1) is 13.9. The van der Waals surface area contributed by atoms with Gasteiger partial charge in [0.15, 0.2) is 0 Å². The quantitative estimate of drug-likeness (QED) is 0.732. The van der Waals surface area contributed by atoms with Gasteiger partial charge in [-0.05, 0) is 83.3 Å². The van der Waals surface area contributed by atoms with Crippen LogP contribution >= 0.6 is 34.2 Å². The average molecular weight is 398 g/mol. The standard InChI is InChI=1S/C16H13ClINO/c17-12-5-7-15(18)14(9-12)16(20)19-13-6-4-10-2-1-3-11(10)8-13/h4-9H,1-3H2,(H,19,20). The van der Waals surface area contributed by atoms with E-state index in [1.165, 1.54) is 17.5 Å². The SMILES string of the molecule is O=C(Nc1ccc2c(c1)CCC2)c1cc(Cl)ccc1I. The minimum atomic E-state index is -0.116. The molecular weight excluding hydrogens is 385 g/mol. The zero-order chi connectivity index (χ0) is 14.1. The number of benzene rings is 2. The number of carbonyl (C=O) groups excluding carboxylic acids is 1. The summed E-state index contributed by atoms with van der Waals surface area (Å²) in [6.07, 6.45) is 3.46. The molecule has 2 aromatic rings. The van der Waals surface area contributed by atoms with Crippen LogP contribution in [0.15, 0.2) is 36.4 Å². The number of amides is 1. The second kappa shape index (κ2) is 5.74. The zero-order valence-corrected chi connectivity index (χ0v) is 13.7. The molecule has 0 saturated carbocycles. The van der Waals surface area contributed by atoms with Crippen molar-refractivity contribution < 1.29 is 4.79 Å². The van der Waals surface area contributed by atoms with Gasteiger partial charge in [-0.3, -0.25) is 4.79 Å². The molecule has 0 spiro atoms. The first-order chi connectivity index (χ1) is 9.63. The molecule has 0 aromatic heterocycles. The molecule has 2 aromatic carbocycles. The van der Waals surface area contributed by atoms with Gasteiger partial charge < -0.3 is 5.32 Å². The van der Waals surface area contributed by atoms with Gasteiger partial charge in [-0.1, -0.05) is 17.7 Å². The van der Waals surface area contributed by atoms with Crippen LogP contribution in [-0.4, -0.2) is 5.91 Å². The van der Waals surface area contributed by atoms with Crippen molar-refractivity contribution in [3.63, 3.8) is 0 Å². The van der Waals surface area contributed by atoms with E-state index in [0.717, 1.165) is 22.1 Å². The molecule has 1 aliphatic rings. The van der Waals surface area contributed by atoms with Crippen molar-refractivity contribution in [1.29, 1.82) is 0 Å². The fourth-order valence-corrected chi connectivity index (χ4v) is 3.27. The van der Waals surface area contributed by atoms with Gasteiger partial charge in [0.25, 0.3) is 5.91 Å². The fourth-order valence-electron chi connectivity index (χ4n) is 2.52. The highest BCUT2D eigenvalue weighted by atomic mass is 127. The van der Waals surface area contributed by atoms with Gasteiger partial charge in [0.05, 0.1) is 5.56 Å². The third-order valence-electron chi connectivity index (χ3n) is 3.53. The van der Waals surface area contributed by atoms with Crippen LogP contribution in [0.25, 0.3) is 0 Å². The van der Waals surface area contributed by atoms with Crippen LogP contribution < -0.4 is 5.32 Å². The molecule has 1 aliphatic carbocycles. The normalized spacial score (nSPS) is 13.1. The number of anilines is 1. The van der Waals surface area contributed by atoms with Crippen LogP contribution in [0.1, 0.15) is 27.9 Å². The lowest BCUT2D eigenvalue weighted by atomic mass is 10.1. The summed E-state index contributed by atoms with van der Waals surface area (Å²) in [5.41, 5.74) is 4.22. The number of hydrogen-bond acceptors (Lipinski definition) is 1. The van der Waals surface area contributed by atoms with E-state index in [1.807, 2.05) is 12.1 Å². The smallest absolute Gasteiger partial charge is 0.256 e. The van der Waals surface area contributed by atoms with Crippen molar-refractivity contribution in [3.8, 4) is 0 Å². The van der Waals surface area contributed by atoms with Crippen molar-refractivity contribution in [2.75, 3.05) is 5.32 Å². The van der Waals surface area contributed by atoms with E-state index in [4.69, 9.17) is 11.6 Å². The minimum Gasteiger partial charge on any atom is -0.322 e. The first-order valence-electron chi connectivity index (χ1n) is 6.52. The number of carbonyl (C=O) groups is 1. The van der Waals surface area contributed by atoms with E-state index in [0.29, 0.717) is 10.6 Å². The average Bonchev–Trinajstić information content (AvgIpc) is 2.89. The van der Waals surface area contributed by atoms with Crippen molar-refractivity contribution in [2.24, 2.45) is 0 Å². The molecule has 0 bridgehead atoms. The van der Waals surface area contributed by atoms with Crippen LogP contribution in [0.4, 0.5) is 5.69 Å². The van der Waals surface area contributed by atoms with Crippen LogP contribution in [0.5, 0.6) is 0 Å². The summed E-state index contributed by atoms with van der Waals surface area (Å²) in [7, 11) is 0. The lowest BCUT2D eigenvalue weighted by Crippen LogP contribution is -2.13. The molecule has 1 N–H and O–H groups in total. The Kier molecular flexibility index (Phi) is 3.98. The summed E-state index contributed by atoms with van der Waals surface area (Å²) < 4.78 is 0.894. The van der Waals surface area contributed by atoms with Gasteiger partial charge in [-0.15, -0.1) is 0 Å². The Morgan fingerprint density at radius 3 is 2.75 bits per heavy atom. The van der Waals surface area contributed by atoms with E-state index in [9.17, 15) is 4.79 Å². The summed E-state index contributed by atoms with van der Waals surface area (Å²) in [5, 5.41) is 3.53. The summed E-state index contributed by atoms with van der Waals surface area (Å²) in [5.74, 6) is -0.116. The number of halogens is 2. The molecule has 0 radical (unpaired) electrons. The lowest BCUT2D eigenvalue weighted by Gasteiger charge is -2.09. The second-order valence-electron chi connectivity index (χ2n) is 4.92. The van der Waals surface area contributed by atoms with Crippen LogP contribution in [-0.2, 0) is 12.8 Å². The molecular formula is C16H13ClINO. The van der Waals surface area contributed by atoms with E-state index < -0.39 is 0 Å². The van der Waals surface area contributed by atoms with Gasteiger partial charge in [0.2, 0.25) is 0 Å². The number of nitrogens with one attached hydrogen (secondary N) is 1. The third-order valence-corrected chi connectivity index (χ3v) is 4.71. The molecule has 102 valence electrons. The molecule has 1 amide bonds. The molecule has 2 nitrogen and oxygen atoms in total. The third kappa shape index (κ3) is 2.83. The summed E-state index contributed by atoms with van der Waals surface area (Å²) >= 11 is 8.10. The molecule has 0 saturated heterocycles. The molecule has 0 aliphatic heterocycles. The monoisotopic (exact) mass is 397 g/mol. The van der Waals surface area contributed by atoms with Crippen molar-refractivity contribution in [1.82, 2.24) is 0 Å². The Bertz CT molecular complexity index is 684. The molecule has 0 atom stereocenters. The Hall–Kier alpha value is -1.07. The van der Waals surface area contributed by atoms with Gasteiger partial charge in [-0.25, -0.2) is 0 Å². The van der Waals surface area contributed by atoms with E-state index >= 15 is 0 Å². The van der Waals surface area contributed by atoms with Gasteiger partial charge in [-0.2, -0.15) is 0 Å². The summed E-state index contributed by atoms with van der Waals surface area (Å²) in [6, 6.07) is 11.5. The van der Waals surface area contributed by atoms with Crippen LogP contribution in [0.2, 0.25) is 5.02 Å². The van der Waals surface area contributed by atoms with Crippen LogP contribution in [0, 0.1) is 3.57 Å². The Morgan fingerprint density at radius 2 is 1.90 bits per heavy atom. The van der Waals surface area contributed by atoms with Crippen molar-refractivity contribution >= 4 is 45.8 Å². The Balaban J connectivity index is 1.84. The molecule has 4 heteroatoms. The first-order valence-corrected chi connectivity index (χ1v) is 7.97. The minimum absolute atomic E-state index is 0.116. The van der Waals surface area contributed by atoms with Gasteiger partial charge >= 0.3 is 0 Å². The number of aryl methyl sites for hydroxylation is 2. The maximum Gasteiger partial charge on any atom is 0.256 e. The number of fused-ring (bicyclic) bond motifs is 1. The van der Waals surface area contributed by atoms with Gasteiger partial charge in [0, 0.05) is 14.3 Å². The summed E-state index contributed by atoms with van der Waals surface area (Å²) in [4.78, 5) is 12.3. The molecule has 0 fully saturated rings. The number of rotatable bonds is 2. The zero-order valence-electron chi connectivity index (χ0n) is 10.7. The molecule has 0 heterocycles. The maximum absolute atomic E-state index is 12.3. The second-order valence-corrected chi connectivity index (χ2v) is 6.51. The van der Waals surface area contributed by atoms with Crippen LogP contribution in [0.3, 0.4) is 0 Å². The summed E-state index contributed by atoms with van der Waals surface area (Å²) in [6.45, 7) is 0. The highest BCUT2D eigenvalue weighted by molar-refractivity contribution is 14.1. The lowest BCUT2D eigenvalue weighted by molar-refractivity contribution is 0.102. The molecule has 20 heavy (non-hydrogen) atoms. The topological polar surface area (TPSA) is 29.1 Å².